The third-order valence-corrected chi connectivity index (χ3v) is 3.84. The summed E-state index contributed by atoms with van der Waals surface area (Å²) in [5, 5.41) is 26.5. The summed E-state index contributed by atoms with van der Waals surface area (Å²) in [7, 11) is 0. The van der Waals surface area contributed by atoms with Gasteiger partial charge in [0.2, 0.25) is 0 Å². The van der Waals surface area contributed by atoms with Gasteiger partial charge in [0.1, 0.15) is 5.02 Å². The van der Waals surface area contributed by atoms with Gasteiger partial charge < -0.3 is 5.32 Å². The van der Waals surface area contributed by atoms with E-state index in [0.29, 0.717) is 11.3 Å². The molecule has 0 aliphatic heterocycles. The first-order chi connectivity index (χ1) is 12.2. The maximum absolute atomic E-state index is 12.2. The average molecular weight is 395 g/mol. The van der Waals surface area contributed by atoms with Crippen LogP contribution in [0.1, 0.15) is 15.9 Å². The van der Waals surface area contributed by atoms with Crippen LogP contribution >= 0.6 is 23.8 Å². The normalized spacial score (nSPS) is 10.1. The summed E-state index contributed by atoms with van der Waals surface area (Å²) in [5.74, 6) is -0.689. The molecule has 134 valence electrons. The predicted octanol–water partition coefficient (Wildman–Crippen LogP) is 3.59. The van der Waals surface area contributed by atoms with Crippen molar-refractivity contribution in [1.29, 1.82) is 0 Å². The molecule has 2 aromatic rings. The monoisotopic (exact) mass is 394 g/mol. The van der Waals surface area contributed by atoms with Crippen molar-refractivity contribution < 1.29 is 14.6 Å². The van der Waals surface area contributed by atoms with E-state index in [-0.39, 0.29) is 21.4 Å². The van der Waals surface area contributed by atoms with E-state index in [2.05, 4.69) is 10.6 Å². The highest BCUT2D eigenvalue weighted by Crippen LogP contribution is 2.25. The SMILES string of the molecule is Cc1ccc([N+](=O)[O-])cc1NC(=S)NC(=O)c1ccc(Cl)c([N+](=O)[O-])c1. The summed E-state index contributed by atoms with van der Waals surface area (Å²) < 4.78 is 0. The van der Waals surface area contributed by atoms with Gasteiger partial charge in [-0.05, 0) is 36.8 Å². The Morgan fingerprint density at radius 1 is 1.12 bits per heavy atom. The molecule has 0 atom stereocenters. The lowest BCUT2D eigenvalue weighted by molar-refractivity contribution is -0.384. The summed E-state index contributed by atoms with van der Waals surface area (Å²) in [6, 6.07) is 7.73. The Hall–Kier alpha value is -3.11. The zero-order valence-corrected chi connectivity index (χ0v) is 14.8. The molecule has 0 saturated carbocycles. The van der Waals surface area contributed by atoms with Crippen LogP contribution in [0.5, 0.6) is 0 Å². The van der Waals surface area contributed by atoms with E-state index < -0.39 is 21.4 Å². The van der Waals surface area contributed by atoms with Crippen molar-refractivity contribution >= 4 is 51.9 Å². The molecule has 0 aliphatic rings. The smallest absolute Gasteiger partial charge is 0.288 e. The van der Waals surface area contributed by atoms with Crippen molar-refractivity contribution in [2.45, 2.75) is 6.92 Å². The number of nitro groups is 2. The Labute approximate surface area is 157 Å². The number of hydrogen-bond donors (Lipinski definition) is 2. The Morgan fingerprint density at radius 3 is 2.42 bits per heavy atom. The summed E-state index contributed by atoms with van der Waals surface area (Å²) in [6.45, 7) is 1.71. The van der Waals surface area contributed by atoms with Gasteiger partial charge in [0, 0.05) is 29.4 Å². The summed E-state index contributed by atoms with van der Waals surface area (Å²) in [4.78, 5) is 32.6. The number of hydrogen-bond acceptors (Lipinski definition) is 6. The van der Waals surface area contributed by atoms with Crippen molar-refractivity contribution in [1.82, 2.24) is 5.32 Å². The van der Waals surface area contributed by atoms with Gasteiger partial charge in [-0.1, -0.05) is 17.7 Å². The number of aryl methyl sites for hydroxylation is 1. The Bertz CT molecular complexity index is 934. The number of rotatable bonds is 4. The second-order valence-electron chi connectivity index (χ2n) is 5.09. The van der Waals surface area contributed by atoms with E-state index in [4.69, 9.17) is 23.8 Å². The van der Waals surface area contributed by atoms with E-state index in [1.54, 1.807) is 6.92 Å². The molecular weight excluding hydrogens is 384 g/mol. The lowest BCUT2D eigenvalue weighted by Crippen LogP contribution is -2.34. The maximum Gasteiger partial charge on any atom is 0.288 e. The predicted molar refractivity (Wildman–Crippen MR) is 99.6 cm³/mol. The molecule has 2 N–H and O–H groups in total. The second-order valence-corrected chi connectivity index (χ2v) is 5.90. The van der Waals surface area contributed by atoms with Crippen LogP contribution in [0.2, 0.25) is 5.02 Å². The lowest BCUT2D eigenvalue weighted by atomic mass is 10.2. The molecular formula is C15H11ClN4O5S. The molecule has 0 bridgehead atoms. The maximum atomic E-state index is 12.2. The Balaban J connectivity index is 2.14. The van der Waals surface area contributed by atoms with Crippen LogP contribution in [0.15, 0.2) is 36.4 Å². The number of carbonyl (C=O) groups excluding carboxylic acids is 1. The third-order valence-electron chi connectivity index (χ3n) is 3.31. The number of nitrogens with zero attached hydrogens (tertiary/aromatic N) is 2. The molecule has 0 aromatic heterocycles. The first kappa shape index (κ1) is 19.2. The summed E-state index contributed by atoms with van der Waals surface area (Å²) in [5.41, 5.74) is 0.468. The summed E-state index contributed by atoms with van der Waals surface area (Å²) >= 11 is 10.7. The van der Waals surface area contributed by atoms with Crippen LogP contribution < -0.4 is 10.6 Å². The standard InChI is InChI=1S/C15H11ClN4O5S/c1-8-2-4-10(19(22)23)7-12(8)17-15(26)18-14(21)9-3-5-11(16)13(6-9)20(24)25/h2-7H,1H3,(H2,17,18,21,26). The van der Waals surface area contributed by atoms with Gasteiger partial charge >= 0.3 is 0 Å². The number of thiocarbonyl (C=S) groups is 1. The van der Waals surface area contributed by atoms with E-state index in [1.807, 2.05) is 0 Å². The van der Waals surface area contributed by atoms with Crippen molar-refractivity contribution in [3.05, 3.63) is 72.8 Å². The molecule has 2 aromatic carbocycles. The van der Waals surface area contributed by atoms with Crippen LogP contribution in [0.4, 0.5) is 17.1 Å². The van der Waals surface area contributed by atoms with Crippen LogP contribution in [-0.2, 0) is 0 Å². The van der Waals surface area contributed by atoms with E-state index in [0.717, 1.165) is 6.07 Å². The van der Waals surface area contributed by atoms with Crippen molar-refractivity contribution in [2.75, 3.05) is 5.32 Å². The summed E-state index contributed by atoms with van der Waals surface area (Å²) in [6.07, 6.45) is 0. The number of non-ortho nitro benzene ring substituents is 1. The molecule has 26 heavy (non-hydrogen) atoms. The van der Waals surface area contributed by atoms with Gasteiger partial charge in [-0.3, -0.25) is 30.3 Å². The van der Waals surface area contributed by atoms with E-state index in [9.17, 15) is 25.0 Å². The molecule has 0 unspecified atom stereocenters. The molecule has 11 heteroatoms. The number of nitrogens with one attached hydrogen (secondary N) is 2. The van der Waals surface area contributed by atoms with Gasteiger partial charge in [0.05, 0.1) is 9.85 Å². The zero-order valence-electron chi connectivity index (χ0n) is 13.2. The average Bonchev–Trinajstić information content (AvgIpc) is 2.56. The molecule has 0 heterocycles. The highest BCUT2D eigenvalue weighted by Gasteiger charge is 2.17. The quantitative estimate of drug-likeness (QED) is 0.460. The number of carbonyl (C=O) groups is 1. The van der Waals surface area contributed by atoms with Crippen LogP contribution in [0.3, 0.4) is 0 Å². The highest BCUT2D eigenvalue weighted by molar-refractivity contribution is 7.80. The van der Waals surface area contributed by atoms with Gasteiger partial charge in [0.25, 0.3) is 17.3 Å². The number of nitro benzene ring substituents is 2. The Morgan fingerprint density at radius 2 is 1.81 bits per heavy atom. The van der Waals surface area contributed by atoms with Crippen molar-refractivity contribution in [3.63, 3.8) is 0 Å². The molecule has 9 nitrogen and oxygen atoms in total. The van der Waals surface area contributed by atoms with Crippen LogP contribution in [0, 0.1) is 27.2 Å². The van der Waals surface area contributed by atoms with Crippen LogP contribution in [0.25, 0.3) is 0 Å². The molecule has 0 spiro atoms. The number of anilines is 1. The Kier molecular flexibility index (Phi) is 5.80. The van der Waals surface area contributed by atoms with Crippen LogP contribution in [-0.4, -0.2) is 20.9 Å². The van der Waals surface area contributed by atoms with Gasteiger partial charge in [0.15, 0.2) is 5.11 Å². The van der Waals surface area contributed by atoms with Gasteiger partial charge in [-0.15, -0.1) is 0 Å². The largest absolute Gasteiger partial charge is 0.332 e. The minimum atomic E-state index is -0.706. The lowest BCUT2D eigenvalue weighted by Gasteiger charge is -2.11. The van der Waals surface area contributed by atoms with Crippen molar-refractivity contribution in [2.24, 2.45) is 0 Å². The fourth-order valence-electron chi connectivity index (χ4n) is 1.98. The molecule has 1 amide bonds. The van der Waals surface area contributed by atoms with E-state index in [1.165, 1.54) is 30.3 Å². The zero-order chi connectivity index (χ0) is 19.4. The number of halogens is 1. The first-order valence-electron chi connectivity index (χ1n) is 7.00. The third kappa shape index (κ3) is 4.49. The fourth-order valence-corrected chi connectivity index (χ4v) is 2.37. The number of amides is 1. The fraction of sp³-hybridized carbons (Fsp3) is 0.0667. The highest BCUT2D eigenvalue weighted by atomic mass is 35.5. The number of benzene rings is 2. The molecule has 2 rings (SSSR count). The molecule has 0 fully saturated rings. The molecule has 0 aliphatic carbocycles. The second kappa shape index (κ2) is 7.85. The topological polar surface area (TPSA) is 127 Å². The minimum Gasteiger partial charge on any atom is -0.332 e. The minimum absolute atomic E-state index is 0.0129. The molecule has 0 radical (unpaired) electrons. The van der Waals surface area contributed by atoms with E-state index >= 15 is 0 Å². The van der Waals surface area contributed by atoms with Crippen molar-refractivity contribution in [3.8, 4) is 0 Å². The first-order valence-corrected chi connectivity index (χ1v) is 7.79. The molecule has 0 saturated heterocycles. The van der Waals surface area contributed by atoms with Gasteiger partial charge in [-0.25, -0.2) is 0 Å². The van der Waals surface area contributed by atoms with Gasteiger partial charge in [-0.2, -0.15) is 0 Å².